The average molecular weight is 213 g/mol. The zero-order valence-corrected chi connectivity index (χ0v) is 8.05. The van der Waals surface area contributed by atoms with Crippen molar-refractivity contribution < 1.29 is 8.91 Å². The highest BCUT2D eigenvalue weighted by molar-refractivity contribution is 6.27. The average Bonchev–Trinajstić information content (AvgIpc) is 2.56. The molecule has 1 aromatic heterocycles. The normalized spacial score (nSPS) is 10.5. The second kappa shape index (κ2) is 3.38. The van der Waals surface area contributed by atoms with Crippen molar-refractivity contribution in [3.63, 3.8) is 0 Å². The van der Waals surface area contributed by atoms with Gasteiger partial charge in [0.25, 0.3) is 0 Å². The van der Waals surface area contributed by atoms with Crippen LogP contribution < -0.4 is 0 Å². The summed E-state index contributed by atoms with van der Waals surface area (Å²) in [5, 5.41) is 3.55. The zero-order valence-electron chi connectivity index (χ0n) is 7.29. The zero-order chi connectivity index (χ0) is 10.1. The summed E-state index contributed by atoms with van der Waals surface area (Å²) < 4.78 is 17.5. The molecule has 0 aliphatic heterocycles. The number of aryl methyl sites for hydroxylation is 1. The van der Waals surface area contributed by atoms with Gasteiger partial charge in [-0.25, -0.2) is 4.39 Å². The Bertz CT molecular complexity index is 470. The van der Waals surface area contributed by atoms with Gasteiger partial charge in [0, 0.05) is 5.56 Å². The van der Waals surface area contributed by atoms with Gasteiger partial charge >= 0.3 is 5.35 Å². The van der Waals surface area contributed by atoms with E-state index < -0.39 is 0 Å². The molecule has 0 radical (unpaired) electrons. The lowest BCUT2D eigenvalue weighted by Gasteiger charge is -1.99. The molecule has 0 spiro atoms. The maximum absolute atomic E-state index is 12.9. The fourth-order valence-electron chi connectivity index (χ4n) is 1.15. The Labute approximate surface area is 84.5 Å². The Kier molecular flexibility index (Phi) is 2.21. The summed E-state index contributed by atoms with van der Waals surface area (Å²) >= 11 is 5.47. The van der Waals surface area contributed by atoms with Crippen LogP contribution in [0.2, 0.25) is 5.35 Å². The minimum Gasteiger partial charge on any atom is -0.321 e. The highest BCUT2D eigenvalue weighted by Gasteiger charge is 2.10. The molecule has 14 heavy (non-hydrogen) atoms. The molecule has 0 bridgehead atoms. The molecule has 0 aliphatic carbocycles. The van der Waals surface area contributed by atoms with Gasteiger partial charge in [0.15, 0.2) is 0 Å². The van der Waals surface area contributed by atoms with E-state index in [1.54, 1.807) is 6.07 Å². The molecular formula is C9H6ClFN2O. The minimum atomic E-state index is -0.341. The first-order valence-corrected chi connectivity index (χ1v) is 4.30. The number of aromatic nitrogens is 2. The number of halogens is 2. The van der Waals surface area contributed by atoms with E-state index in [1.807, 2.05) is 6.92 Å². The first-order chi connectivity index (χ1) is 6.66. The molecule has 0 fully saturated rings. The number of benzene rings is 1. The Morgan fingerprint density at radius 3 is 2.86 bits per heavy atom. The minimum absolute atomic E-state index is 0.0522. The van der Waals surface area contributed by atoms with Crippen LogP contribution >= 0.6 is 11.6 Å². The Hall–Kier alpha value is -1.42. The molecule has 0 N–H and O–H groups in total. The van der Waals surface area contributed by atoms with Crippen LogP contribution in [0.1, 0.15) is 5.56 Å². The van der Waals surface area contributed by atoms with Gasteiger partial charge in [-0.2, -0.15) is 4.98 Å². The van der Waals surface area contributed by atoms with Crippen molar-refractivity contribution >= 4 is 11.6 Å². The molecule has 2 aromatic rings. The number of hydrogen-bond acceptors (Lipinski definition) is 3. The fourth-order valence-corrected chi connectivity index (χ4v) is 1.26. The lowest BCUT2D eigenvalue weighted by atomic mass is 10.1. The van der Waals surface area contributed by atoms with Crippen LogP contribution in [0.4, 0.5) is 4.39 Å². The maximum atomic E-state index is 12.9. The summed E-state index contributed by atoms with van der Waals surface area (Å²) in [5.74, 6) is -0.0430. The van der Waals surface area contributed by atoms with Crippen molar-refractivity contribution in [3.05, 3.63) is 34.9 Å². The molecule has 5 heteroatoms. The van der Waals surface area contributed by atoms with Gasteiger partial charge in [-0.05, 0) is 36.2 Å². The van der Waals surface area contributed by atoms with Gasteiger partial charge in [0.05, 0.1) is 0 Å². The molecule has 0 aliphatic rings. The van der Waals surface area contributed by atoms with Crippen LogP contribution in [0.25, 0.3) is 11.4 Å². The summed E-state index contributed by atoms with van der Waals surface area (Å²) in [5.41, 5.74) is 1.45. The van der Waals surface area contributed by atoms with Crippen LogP contribution in [0.5, 0.6) is 0 Å². The third-order valence-electron chi connectivity index (χ3n) is 1.84. The monoisotopic (exact) mass is 212 g/mol. The van der Waals surface area contributed by atoms with E-state index in [4.69, 9.17) is 11.6 Å². The first kappa shape index (κ1) is 9.15. The van der Waals surface area contributed by atoms with Gasteiger partial charge in [0.1, 0.15) is 5.82 Å². The van der Waals surface area contributed by atoms with E-state index in [0.29, 0.717) is 11.4 Å². The summed E-state index contributed by atoms with van der Waals surface area (Å²) in [4.78, 5) is 3.80. The lowest BCUT2D eigenvalue weighted by Crippen LogP contribution is -1.86. The van der Waals surface area contributed by atoms with Crippen LogP contribution in [0.3, 0.4) is 0 Å². The second-order valence-corrected chi connectivity index (χ2v) is 3.15. The molecule has 0 unspecified atom stereocenters. The molecule has 1 aromatic carbocycles. The van der Waals surface area contributed by atoms with Gasteiger partial charge in [-0.15, -0.1) is 0 Å². The smallest absolute Gasteiger partial charge is 0.320 e. The standard InChI is InChI=1S/C9H6ClFN2O/c1-5-2-3-6(11)4-7(5)8-12-9(10)14-13-8/h2-4H,1H3. The molecule has 0 saturated carbocycles. The molecule has 72 valence electrons. The third-order valence-corrected chi connectivity index (χ3v) is 2.00. The summed E-state index contributed by atoms with van der Waals surface area (Å²) in [7, 11) is 0. The third kappa shape index (κ3) is 1.61. The van der Waals surface area contributed by atoms with Crippen LogP contribution in [-0.2, 0) is 0 Å². The molecule has 1 heterocycles. The number of rotatable bonds is 1. The van der Waals surface area contributed by atoms with Gasteiger partial charge in [-0.1, -0.05) is 11.2 Å². The SMILES string of the molecule is Cc1ccc(F)cc1-c1noc(Cl)n1. The highest BCUT2D eigenvalue weighted by Crippen LogP contribution is 2.22. The van der Waals surface area contributed by atoms with E-state index in [-0.39, 0.29) is 11.2 Å². The molecule has 0 atom stereocenters. The molecule has 0 amide bonds. The van der Waals surface area contributed by atoms with Crippen LogP contribution in [0.15, 0.2) is 22.7 Å². The summed E-state index contributed by atoms with van der Waals surface area (Å²) in [6.07, 6.45) is 0. The van der Waals surface area contributed by atoms with Gasteiger partial charge in [0.2, 0.25) is 5.82 Å². The van der Waals surface area contributed by atoms with Crippen LogP contribution in [0, 0.1) is 12.7 Å². The van der Waals surface area contributed by atoms with Crippen molar-refractivity contribution in [1.29, 1.82) is 0 Å². The van der Waals surface area contributed by atoms with E-state index in [1.165, 1.54) is 12.1 Å². The number of hydrogen-bond donors (Lipinski definition) is 0. The highest BCUT2D eigenvalue weighted by atomic mass is 35.5. The number of nitrogens with zero attached hydrogens (tertiary/aromatic N) is 2. The Morgan fingerprint density at radius 2 is 2.21 bits per heavy atom. The molecule has 2 rings (SSSR count). The van der Waals surface area contributed by atoms with Gasteiger partial charge < -0.3 is 4.52 Å². The topological polar surface area (TPSA) is 38.9 Å². The summed E-state index contributed by atoms with van der Waals surface area (Å²) in [6.45, 7) is 1.83. The molecule has 3 nitrogen and oxygen atoms in total. The summed E-state index contributed by atoms with van der Waals surface area (Å²) in [6, 6.07) is 4.37. The Morgan fingerprint density at radius 1 is 1.43 bits per heavy atom. The fraction of sp³-hybridized carbons (Fsp3) is 0.111. The van der Waals surface area contributed by atoms with Crippen molar-refractivity contribution in [2.75, 3.05) is 0 Å². The van der Waals surface area contributed by atoms with Crippen molar-refractivity contribution in [2.45, 2.75) is 6.92 Å². The van der Waals surface area contributed by atoms with Crippen LogP contribution in [-0.4, -0.2) is 10.1 Å². The maximum Gasteiger partial charge on any atom is 0.320 e. The van der Waals surface area contributed by atoms with Crippen molar-refractivity contribution in [2.24, 2.45) is 0 Å². The molecule has 0 saturated heterocycles. The molecular weight excluding hydrogens is 207 g/mol. The van der Waals surface area contributed by atoms with Crippen molar-refractivity contribution in [3.8, 4) is 11.4 Å². The van der Waals surface area contributed by atoms with Gasteiger partial charge in [-0.3, -0.25) is 0 Å². The first-order valence-electron chi connectivity index (χ1n) is 3.92. The Balaban J connectivity index is 2.55. The van der Waals surface area contributed by atoms with E-state index in [2.05, 4.69) is 14.7 Å². The predicted octanol–water partition coefficient (Wildman–Crippen LogP) is 2.84. The largest absolute Gasteiger partial charge is 0.321 e. The predicted molar refractivity (Wildman–Crippen MR) is 49.4 cm³/mol. The van der Waals surface area contributed by atoms with Crippen molar-refractivity contribution in [1.82, 2.24) is 10.1 Å². The van der Waals surface area contributed by atoms with E-state index in [0.717, 1.165) is 5.56 Å². The second-order valence-electron chi connectivity index (χ2n) is 2.83. The lowest BCUT2D eigenvalue weighted by molar-refractivity contribution is 0.420. The quantitative estimate of drug-likeness (QED) is 0.730. The van der Waals surface area contributed by atoms with E-state index >= 15 is 0 Å². The van der Waals surface area contributed by atoms with E-state index in [9.17, 15) is 4.39 Å².